The van der Waals surface area contributed by atoms with Crippen LogP contribution in [0.2, 0.25) is 5.02 Å². The number of hydrogen-bond donors (Lipinski definition) is 1. The number of carbonyl (C=O) groups is 1. The number of likely N-dealkylation sites (tertiary alicyclic amines) is 1. The summed E-state index contributed by atoms with van der Waals surface area (Å²) in [4.78, 5) is 25.8. The van der Waals surface area contributed by atoms with Gasteiger partial charge in [-0.25, -0.2) is 18.7 Å². The van der Waals surface area contributed by atoms with Gasteiger partial charge < -0.3 is 20.3 Å². The van der Waals surface area contributed by atoms with Gasteiger partial charge >= 0.3 is 0 Å². The maximum Gasteiger partial charge on any atom is 0.258 e. The molecule has 4 rings (SSSR count). The molecule has 0 radical (unpaired) electrons. The largest absolute Gasteiger partial charge is 0.486 e. The molecule has 0 bridgehead atoms. The number of aromatic nitrogens is 2. The third-order valence-electron chi connectivity index (χ3n) is 6.40. The fourth-order valence-corrected chi connectivity index (χ4v) is 4.63. The molecule has 3 heterocycles. The fraction of sp³-hybridized carbons (Fsp3) is 0.480. The van der Waals surface area contributed by atoms with E-state index in [1.807, 2.05) is 11.8 Å². The Labute approximate surface area is 208 Å². The average Bonchev–Trinajstić information content (AvgIpc) is 3.20. The van der Waals surface area contributed by atoms with Gasteiger partial charge in [0.1, 0.15) is 23.8 Å². The highest BCUT2D eigenvalue weighted by Crippen LogP contribution is 2.30. The van der Waals surface area contributed by atoms with Crippen molar-refractivity contribution < 1.29 is 18.3 Å². The van der Waals surface area contributed by atoms with Gasteiger partial charge in [0.05, 0.1) is 35.1 Å². The zero-order valence-electron chi connectivity index (χ0n) is 20.2. The van der Waals surface area contributed by atoms with Crippen molar-refractivity contribution in [2.24, 2.45) is 5.73 Å². The van der Waals surface area contributed by atoms with E-state index in [0.717, 1.165) is 19.0 Å². The smallest absolute Gasteiger partial charge is 0.258 e. The number of ether oxygens (including phenoxy) is 1. The van der Waals surface area contributed by atoms with E-state index < -0.39 is 18.1 Å². The van der Waals surface area contributed by atoms with Crippen LogP contribution in [0.25, 0.3) is 5.57 Å². The van der Waals surface area contributed by atoms with Gasteiger partial charge in [0.15, 0.2) is 5.82 Å². The number of halogens is 3. The predicted octanol–water partition coefficient (Wildman–Crippen LogP) is 3.91. The first-order valence-corrected chi connectivity index (χ1v) is 12.2. The summed E-state index contributed by atoms with van der Waals surface area (Å²) in [6.45, 7) is 7.72. The Kier molecular flexibility index (Phi) is 7.56. The molecular formula is C25H30ClF2N5O2. The maximum atomic E-state index is 14.8. The summed E-state index contributed by atoms with van der Waals surface area (Å²) in [6.07, 6.45) is -0.580. The third kappa shape index (κ3) is 5.41. The Balaban J connectivity index is 1.52. The predicted molar refractivity (Wildman–Crippen MR) is 131 cm³/mol. The normalized spacial score (nSPS) is 21.0. The van der Waals surface area contributed by atoms with E-state index in [9.17, 15) is 13.6 Å². The lowest BCUT2D eigenvalue weighted by atomic mass is 10.0. The molecule has 10 heteroatoms. The topological polar surface area (TPSA) is 84.6 Å². The van der Waals surface area contributed by atoms with Crippen molar-refractivity contribution in [1.82, 2.24) is 19.8 Å². The quantitative estimate of drug-likeness (QED) is 0.640. The van der Waals surface area contributed by atoms with Crippen LogP contribution in [0, 0.1) is 19.7 Å². The van der Waals surface area contributed by atoms with Crippen LogP contribution in [0.15, 0.2) is 23.9 Å². The Morgan fingerprint density at radius 1 is 1.26 bits per heavy atom. The van der Waals surface area contributed by atoms with Gasteiger partial charge in [0.2, 0.25) is 0 Å². The van der Waals surface area contributed by atoms with Crippen LogP contribution in [0.1, 0.15) is 47.3 Å². The Bertz CT molecular complexity index is 1140. The van der Waals surface area contributed by atoms with E-state index in [-0.39, 0.29) is 36.9 Å². The summed E-state index contributed by atoms with van der Waals surface area (Å²) in [5.41, 5.74) is 8.76. The number of nitrogens with two attached hydrogens (primary N) is 1. The molecule has 2 aliphatic heterocycles. The molecule has 1 fully saturated rings. The second-order valence-electron chi connectivity index (χ2n) is 9.10. The SMILES string of the molecule is CCCN1CC[C@@H](Oc2cc(F)ccc2C(=O)N2CC(N)=C(c3nc(C)c(Cl)c(C)n3)C2)[C@H](F)C1. The molecular weight excluding hydrogens is 476 g/mol. The van der Waals surface area contributed by atoms with Crippen LogP contribution in [0.4, 0.5) is 8.78 Å². The number of nitrogens with zero attached hydrogens (tertiary/aromatic N) is 4. The van der Waals surface area contributed by atoms with E-state index in [0.29, 0.717) is 46.5 Å². The van der Waals surface area contributed by atoms with Gasteiger partial charge in [-0.1, -0.05) is 18.5 Å². The highest BCUT2D eigenvalue weighted by molar-refractivity contribution is 6.31. The number of carbonyl (C=O) groups excluding carboxylic acids is 1. The Hall–Kier alpha value is -2.78. The van der Waals surface area contributed by atoms with E-state index in [1.165, 1.54) is 17.0 Å². The van der Waals surface area contributed by atoms with Crippen LogP contribution in [0.5, 0.6) is 5.75 Å². The highest BCUT2D eigenvalue weighted by atomic mass is 35.5. The number of rotatable bonds is 6. The number of amides is 1. The molecule has 2 atom stereocenters. The molecule has 35 heavy (non-hydrogen) atoms. The summed E-state index contributed by atoms with van der Waals surface area (Å²) in [5.74, 6) is -0.491. The standard InChI is InChI=1S/C25H30ClF2N5O2/c1-4-8-32-9-7-21(19(28)12-32)35-22-10-16(27)5-6-17(22)25(34)33-11-18(20(29)13-33)24-30-14(2)23(26)15(3)31-24/h5-6,10,19,21H,4,7-9,11-13,29H2,1-3H3/t19-,21-/m1/s1. The summed E-state index contributed by atoms with van der Waals surface area (Å²) in [5, 5.41) is 0.485. The fourth-order valence-electron chi connectivity index (χ4n) is 4.55. The van der Waals surface area contributed by atoms with Crippen LogP contribution in [0.3, 0.4) is 0 Å². The van der Waals surface area contributed by atoms with Crippen molar-refractivity contribution in [3.63, 3.8) is 0 Å². The minimum Gasteiger partial charge on any atom is -0.486 e. The molecule has 1 aromatic heterocycles. The van der Waals surface area contributed by atoms with Crippen molar-refractivity contribution in [2.75, 3.05) is 32.7 Å². The van der Waals surface area contributed by atoms with Gasteiger partial charge in [0, 0.05) is 30.4 Å². The lowest BCUT2D eigenvalue weighted by molar-refractivity contribution is 0.0211. The van der Waals surface area contributed by atoms with Gasteiger partial charge in [-0.2, -0.15) is 0 Å². The number of benzene rings is 1. The number of hydrogen-bond acceptors (Lipinski definition) is 6. The van der Waals surface area contributed by atoms with Crippen molar-refractivity contribution in [3.8, 4) is 5.75 Å². The third-order valence-corrected chi connectivity index (χ3v) is 6.94. The second kappa shape index (κ2) is 10.5. The van der Waals surface area contributed by atoms with Crippen LogP contribution >= 0.6 is 11.6 Å². The Morgan fingerprint density at radius 2 is 1.97 bits per heavy atom. The molecule has 1 amide bonds. The minimum atomic E-state index is -1.23. The monoisotopic (exact) mass is 505 g/mol. The first-order valence-electron chi connectivity index (χ1n) is 11.8. The number of aryl methyl sites for hydroxylation is 2. The molecule has 0 unspecified atom stereocenters. The van der Waals surface area contributed by atoms with Crippen LogP contribution < -0.4 is 10.5 Å². The first-order chi connectivity index (χ1) is 16.7. The molecule has 2 aromatic rings. The first kappa shape index (κ1) is 25.3. The van der Waals surface area contributed by atoms with Crippen molar-refractivity contribution in [2.45, 2.75) is 45.9 Å². The number of piperidine rings is 1. The number of alkyl halides is 1. The zero-order chi connectivity index (χ0) is 25.3. The second-order valence-corrected chi connectivity index (χ2v) is 9.48. The van der Waals surface area contributed by atoms with E-state index in [1.54, 1.807) is 13.8 Å². The van der Waals surface area contributed by atoms with Gasteiger partial charge in [-0.3, -0.25) is 4.79 Å². The Morgan fingerprint density at radius 3 is 2.63 bits per heavy atom. The van der Waals surface area contributed by atoms with Crippen LogP contribution in [-0.4, -0.2) is 70.7 Å². The summed E-state index contributed by atoms with van der Waals surface area (Å²) in [7, 11) is 0. The molecule has 0 saturated carbocycles. The van der Waals surface area contributed by atoms with Crippen molar-refractivity contribution in [3.05, 3.63) is 57.5 Å². The molecule has 2 aliphatic rings. The highest BCUT2D eigenvalue weighted by Gasteiger charge is 2.33. The van der Waals surface area contributed by atoms with E-state index >= 15 is 0 Å². The van der Waals surface area contributed by atoms with Gasteiger partial charge in [-0.05, 0) is 45.4 Å². The summed E-state index contributed by atoms with van der Waals surface area (Å²) < 4.78 is 34.8. The molecule has 0 spiro atoms. The molecule has 0 aliphatic carbocycles. The minimum absolute atomic E-state index is 0.0352. The molecule has 1 aromatic carbocycles. The maximum absolute atomic E-state index is 14.8. The molecule has 2 N–H and O–H groups in total. The van der Waals surface area contributed by atoms with Gasteiger partial charge in [0.25, 0.3) is 5.91 Å². The summed E-state index contributed by atoms with van der Waals surface area (Å²) >= 11 is 6.19. The zero-order valence-corrected chi connectivity index (χ0v) is 20.9. The van der Waals surface area contributed by atoms with Gasteiger partial charge in [-0.15, -0.1) is 0 Å². The van der Waals surface area contributed by atoms with Crippen molar-refractivity contribution >= 4 is 23.1 Å². The lowest BCUT2D eigenvalue weighted by Gasteiger charge is -2.35. The average molecular weight is 506 g/mol. The van der Waals surface area contributed by atoms with Crippen molar-refractivity contribution in [1.29, 1.82) is 0 Å². The molecule has 7 nitrogen and oxygen atoms in total. The summed E-state index contributed by atoms with van der Waals surface area (Å²) in [6, 6.07) is 3.70. The van der Waals surface area contributed by atoms with E-state index in [2.05, 4.69) is 9.97 Å². The van der Waals surface area contributed by atoms with Crippen LogP contribution in [-0.2, 0) is 0 Å². The lowest BCUT2D eigenvalue weighted by Crippen LogP contribution is -2.47. The molecule has 188 valence electrons. The van der Waals surface area contributed by atoms with E-state index in [4.69, 9.17) is 22.1 Å². The molecule has 1 saturated heterocycles.